The van der Waals surface area contributed by atoms with Gasteiger partial charge in [0.05, 0.1) is 0 Å². The first-order chi connectivity index (χ1) is 8.18. The van der Waals surface area contributed by atoms with Crippen molar-refractivity contribution in [2.24, 2.45) is 0 Å². The molecule has 0 spiro atoms. The van der Waals surface area contributed by atoms with E-state index in [4.69, 9.17) is 11.6 Å². The highest BCUT2D eigenvalue weighted by molar-refractivity contribution is 6.31. The van der Waals surface area contributed by atoms with Crippen LogP contribution in [0.15, 0.2) is 49.0 Å². The minimum Gasteiger partial charge on any atom is -0.289 e. The van der Waals surface area contributed by atoms with Gasteiger partial charge in [0.25, 0.3) is 0 Å². The zero-order valence-electron chi connectivity index (χ0n) is 9.03. The van der Waals surface area contributed by atoms with Crippen LogP contribution in [-0.4, -0.2) is 5.78 Å². The van der Waals surface area contributed by atoms with Crippen LogP contribution in [0.25, 0.3) is 5.57 Å². The summed E-state index contributed by atoms with van der Waals surface area (Å²) >= 11 is 5.93. The molecular formula is C15H9ClO. The van der Waals surface area contributed by atoms with Gasteiger partial charge in [0, 0.05) is 16.1 Å². The zero-order chi connectivity index (χ0) is 12.0. The number of carbonyl (C=O) groups excluding carboxylic acids is 1. The first-order valence-electron chi connectivity index (χ1n) is 5.31. The van der Waals surface area contributed by atoms with Crippen LogP contribution < -0.4 is 0 Å². The van der Waals surface area contributed by atoms with E-state index in [1.165, 1.54) is 0 Å². The lowest BCUT2D eigenvalue weighted by Gasteiger charge is -2.20. The van der Waals surface area contributed by atoms with Gasteiger partial charge in [0.15, 0.2) is 5.78 Å². The molecular weight excluding hydrogens is 232 g/mol. The van der Waals surface area contributed by atoms with E-state index in [2.05, 4.69) is 6.58 Å². The molecule has 0 saturated heterocycles. The third kappa shape index (κ3) is 1.43. The van der Waals surface area contributed by atoms with Gasteiger partial charge in [0.1, 0.15) is 0 Å². The second kappa shape index (κ2) is 3.57. The van der Waals surface area contributed by atoms with Gasteiger partial charge in [0.2, 0.25) is 0 Å². The predicted molar refractivity (Wildman–Crippen MR) is 69.5 cm³/mol. The van der Waals surface area contributed by atoms with Crippen molar-refractivity contribution in [1.29, 1.82) is 0 Å². The van der Waals surface area contributed by atoms with Crippen LogP contribution in [0.3, 0.4) is 0 Å². The van der Waals surface area contributed by atoms with Crippen molar-refractivity contribution in [3.8, 4) is 0 Å². The van der Waals surface area contributed by atoms with Gasteiger partial charge in [-0.15, -0.1) is 0 Å². The number of carbonyl (C=O) groups is 1. The molecule has 82 valence electrons. The van der Waals surface area contributed by atoms with Gasteiger partial charge < -0.3 is 0 Å². The first kappa shape index (κ1) is 10.3. The maximum Gasteiger partial charge on any atom is 0.194 e. The summed E-state index contributed by atoms with van der Waals surface area (Å²) in [6.07, 6.45) is 0. The topological polar surface area (TPSA) is 17.1 Å². The van der Waals surface area contributed by atoms with Gasteiger partial charge in [-0.2, -0.15) is 0 Å². The van der Waals surface area contributed by atoms with Gasteiger partial charge >= 0.3 is 0 Å². The van der Waals surface area contributed by atoms with E-state index >= 15 is 0 Å². The molecule has 1 nitrogen and oxygen atoms in total. The van der Waals surface area contributed by atoms with Crippen molar-refractivity contribution in [3.05, 3.63) is 76.3 Å². The van der Waals surface area contributed by atoms with E-state index in [9.17, 15) is 4.79 Å². The molecule has 0 aliphatic heterocycles. The highest BCUT2D eigenvalue weighted by atomic mass is 35.5. The van der Waals surface area contributed by atoms with E-state index < -0.39 is 0 Å². The molecule has 0 radical (unpaired) electrons. The summed E-state index contributed by atoms with van der Waals surface area (Å²) in [7, 11) is 0. The smallest absolute Gasteiger partial charge is 0.194 e. The molecule has 0 fully saturated rings. The van der Waals surface area contributed by atoms with Crippen LogP contribution in [0.5, 0.6) is 0 Å². The first-order valence-corrected chi connectivity index (χ1v) is 5.69. The number of hydrogen-bond acceptors (Lipinski definition) is 1. The Balaban J connectivity index is 2.33. The lowest BCUT2D eigenvalue weighted by atomic mass is 9.82. The van der Waals surface area contributed by atoms with Crippen molar-refractivity contribution in [2.75, 3.05) is 0 Å². The summed E-state index contributed by atoms with van der Waals surface area (Å²) in [4.78, 5) is 12.3. The molecule has 2 aromatic carbocycles. The average molecular weight is 241 g/mol. The molecule has 0 heterocycles. The normalized spacial score (nSPS) is 13.2. The molecule has 0 bridgehead atoms. The quantitative estimate of drug-likeness (QED) is 0.582. The van der Waals surface area contributed by atoms with E-state index in [0.717, 1.165) is 16.7 Å². The Morgan fingerprint density at radius 2 is 1.53 bits per heavy atom. The summed E-state index contributed by atoms with van der Waals surface area (Å²) in [5, 5.41) is 0.573. The molecule has 0 unspecified atom stereocenters. The number of rotatable bonds is 0. The lowest BCUT2D eigenvalue weighted by molar-refractivity contribution is 0.103. The maximum absolute atomic E-state index is 12.3. The monoisotopic (exact) mass is 240 g/mol. The van der Waals surface area contributed by atoms with Crippen LogP contribution in [-0.2, 0) is 0 Å². The van der Waals surface area contributed by atoms with Gasteiger partial charge in [-0.1, -0.05) is 48.5 Å². The highest BCUT2D eigenvalue weighted by Crippen LogP contribution is 2.35. The minimum atomic E-state index is 0.0190. The second-order valence-electron chi connectivity index (χ2n) is 4.04. The Kier molecular flexibility index (Phi) is 2.17. The van der Waals surface area contributed by atoms with Crippen molar-refractivity contribution in [3.63, 3.8) is 0 Å². The molecule has 1 aliphatic rings. The Morgan fingerprint density at radius 3 is 2.29 bits per heavy atom. The lowest BCUT2D eigenvalue weighted by Crippen LogP contribution is -2.13. The van der Waals surface area contributed by atoms with E-state index in [-0.39, 0.29) is 5.78 Å². The van der Waals surface area contributed by atoms with Gasteiger partial charge in [-0.25, -0.2) is 0 Å². The highest BCUT2D eigenvalue weighted by Gasteiger charge is 2.25. The van der Waals surface area contributed by atoms with Crippen LogP contribution in [0.4, 0.5) is 0 Å². The molecule has 0 atom stereocenters. The molecule has 0 saturated carbocycles. The van der Waals surface area contributed by atoms with Crippen molar-refractivity contribution in [2.45, 2.75) is 0 Å². The number of fused-ring (bicyclic) bond motifs is 2. The fourth-order valence-corrected chi connectivity index (χ4v) is 2.37. The fourth-order valence-electron chi connectivity index (χ4n) is 2.20. The third-order valence-electron chi connectivity index (χ3n) is 3.05. The fraction of sp³-hybridized carbons (Fsp3) is 0. The van der Waals surface area contributed by atoms with Crippen LogP contribution in [0.2, 0.25) is 5.02 Å². The molecule has 0 N–H and O–H groups in total. The maximum atomic E-state index is 12.3. The van der Waals surface area contributed by atoms with Crippen LogP contribution in [0.1, 0.15) is 27.0 Å². The van der Waals surface area contributed by atoms with E-state index in [0.29, 0.717) is 16.1 Å². The number of ketones is 1. The molecule has 17 heavy (non-hydrogen) atoms. The Labute approximate surface area is 104 Å². The minimum absolute atomic E-state index is 0.0190. The van der Waals surface area contributed by atoms with Crippen molar-refractivity contribution < 1.29 is 4.79 Å². The molecule has 2 heteroatoms. The Morgan fingerprint density at radius 1 is 0.882 bits per heavy atom. The number of hydrogen-bond donors (Lipinski definition) is 0. The second-order valence-corrected chi connectivity index (χ2v) is 4.48. The van der Waals surface area contributed by atoms with Crippen molar-refractivity contribution in [1.82, 2.24) is 0 Å². The van der Waals surface area contributed by atoms with Crippen LogP contribution in [0, 0.1) is 0 Å². The number of halogens is 1. The standard InChI is InChI=1S/C15H9ClO/c1-9-11-4-2-3-5-13(11)15(17)14-8-10(16)6-7-12(9)14/h2-8H,1H2. The SMILES string of the molecule is C=C1c2ccccc2C(=O)c2cc(Cl)ccc21. The summed E-state index contributed by atoms with van der Waals surface area (Å²) in [6, 6.07) is 12.9. The summed E-state index contributed by atoms with van der Waals surface area (Å²) < 4.78 is 0. The largest absolute Gasteiger partial charge is 0.289 e. The molecule has 0 aromatic heterocycles. The van der Waals surface area contributed by atoms with Crippen LogP contribution >= 0.6 is 11.6 Å². The molecule has 0 amide bonds. The molecule has 3 rings (SSSR count). The van der Waals surface area contributed by atoms with E-state index in [1.807, 2.05) is 30.3 Å². The number of benzene rings is 2. The van der Waals surface area contributed by atoms with Crippen molar-refractivity contribution >= 4 is 23.0 Å². The zero-order valence-corrected chi connectivity index (χ0v) is 9.79. The Hall–Kier alpha value is -1.86. The molecule has 2 aromatic rings. The average Bonchev–Trinajstić information content (AvgIpc) is 2.36. The predicted octanol–water partition coefficient (Wildman–Crippen LogP) is 3.95. The molecule has 1 aliphatic carbocycles. The summed E-state index contributed by atoms with van der Waals surface area (Å²) in [5.74, 6) is 0.0190. The summed E-state index contributed by atoms with van der Waals surface area (Å²) in [5.41, 5.74) is 4.01. The Bertz CT molecular complexity index is 656. The van der Waals surface area contributed by atoms with Gasteiger partial charge in [-0.3, -0.25) is 4.79 Å². The van der Waals surface area contributed by atoms with Gasteiger partial charge in [-0.05, 0) is 28.8 Å². The van der Waals surface area contributed by atoms with E-state index in [1.54, 1.807) is 12.1 Å². The third-order valence-corrected chi connectivity index (χ3v) is 3.28. The summed E-state index contributed by atoms with van der Waals surface area (Å²) in [6.45, 7) is 4.07.